The van der Waals surface area contributed by atoms with Gasteiger partial charge in [0.2, 0.25) is 5.91 Å². The van der Waals surface area contributed by atoms with Crippen LogP contribution < -0.4 is 10.2 Å². The van der Waals surface area contributed by atoms with Crippen LogP contribution in [0, 0.1) is 11.8 Å². The molecule has 1 aromatic heterocycles. The van der Waals surface area contributed by atoms with Crippen LogP contribution in [0.15, 0.2) is 60.8 Å². The molecule has 4 fully saturated rings. The van der Waals surface area contributed by atoms with Crippen molar-refractivity contribution in [2.45, 2.75) is 44.3 Å². The van der Waals surface area contributed by atoms with E-state index in [4.69, 9.17) is 0 Å². The Balaban J connectivity index is 1.10. The molecular formula is C26H30N5O+. The number of carbonyl (C=O) groups excluding carboxylic acids is 1. The summed E-state index contributed by atoms with van der Waals surface area (Å²) in [6.07, 6.45) is 6.67. The van der Waals surface area contributed by atoms with E-state index >= 15 is 0 Å². The van der Waals surface area contributed by atoms with Crippen molar-refractivity contribution in [3.8, 4) is 22.4 Å². The van der Waals surface area contributed by atoms with Gasteiger partial charge >= 0.3 is 0 Å². The second-order valence-corrected chi connectivity index (χ2v) is 9.75. The Morgan fingerprint density at radius 3 is 2.47 bits per heavy atom. The smallest absolute Gasteiger partial charge is 0.229 e. The van der Waals surface area contributed by atoms with Gasteiger partial charge in [-0.05, 0) is 29.9 Å². The van der Waals surface area contributed by atoms with E-state index in [-0.39, 0.29) is 5.92 Å². The second-order valence-electron chi connectivity index (χ2n) is 9.75. The molecule has 1 aliphatic carbocycles. The van der Waals surface area contributed by atoms with Crippen molar-refractivity contribution < 1.29 is 9.69 Å². The Bertz CT molecular complexity index is 1090. The number of piperidine rings is 3. The fraction of sp³-hybridized carbons (Fsp3) is 0.423. The molecule has 0 spiro atoms. The number of hydrogen-bond donors (Lipinski definition) is 2. The highest BCUT2D eigenvalue weighted by Crippen LogP contribution is 2.29. The Kier molecular flexibility index (Phi) is 5.02. The second kappa shape index (κ2) is 8.17. The molecule has 1 amide bonds. The van der Waals surface area contributed by atoms with Crippen molar-refractivity contribution in [3.05, 3.63) is 60.8 Å². The third kappa shape index (κ3) is 3.95. The van der Waals surface area contributed by atoms with E-state index in [0.717, 1.165) is 43.6 Å². The Labute approximate surface area is 188 Å². The molecule has 2 bridgehead atoms. The van der Waals surface area contributed by atoms with Crippen LogP contribution in [0.25, 0.3) is 22.4 Å². The van der Waals surface area contributed by atoms with Gasteiger partial charge < -0.3 is 10.2 Å². The molecular weight excluding hydrogens is 398 g/mol. The summed E-state index contributed by atoms with van der Waals surface area (Å²) in [5, 5.41) is 12.1. The summed E-state index contributed by atoms with van der Waals surface area (Å²) in [4.78, 5) is 14.2. The standard InChI is InChI=1S/C26H29N5O/c32-26(27-22-10-11-22)24-16-30-13-12-21(24)14-23(30)15-31-17-25(28-29-31)20-8-6-19(7-9-20)18-4-2-1-3-5-18/h1-9,17,21-24H,10-16H2,(H,27,32)/p+1/t21-,23+,24-/m0/s1. The average Bonchev–Trinajstić information content (AvgIpc) is 3.54. The third-order valence-electron chi connectivity index (χ3n) is 7.55. The molecule has 3 aliphatic heterocycles. The molecule has 6 nitrogen and oxygen atoms in total. The van der Waals surface area contributed by atoms with Crippen molar-refractivity contribution in [3.63, 3.8) is 0 Å². The van der Waals surface area contributed by atoms with Crippen LogP contribution in [0.4, 0.5) is 0 Å². The van der Waals surface area contributed by atoms with E-state index in [2.05, 4.69) is 70.4 Å². The molecule has 4 heterocycles. The molecule has 2 aromatic carbocycles. The molecule has 4 atom stereocenters. The van der Waals surface area contributed by atoms with E-state index in [1.54, 1.807) is 4.90 Å². The Hall–Kier alpha value is -2.99. The average molecular weight is 429 g/mol. The lowest BCUT2D eigenvalue weighted by Gasteiger charge is -2.46. The van der Waals surface area contributed by atoms with E-state index < -0.39 is 0 Å². The number of aromatic nitrogens is 3. The van der Waals surface area contributed by atoms with Gasteiger partial charge in [-0.15, -0.1) is 5.10 Å². The fourth-order valence-corrected chi connectivity index (χ4v) is 5.56. The van der Waals surface area contributed by atoms with Crippen molar-refractivity contribution in [2.24, 2.45) is 11.8 Å². The van der Waals surface area contributed by atoms with E-state index in [0.29, 0.717) is 23.9 Å². The predicted octanol–water partition coefficient (Wildman–Crippen LogP) is 2.18. The monoisotopic (exact) mass is 428 g/mol. The first-order valence-corrected chi connectivity index (χ1v) is 11.9. The third-order valence-corrected chi connectivity index (χ3v) is 7.55. The molecule has 3 saturated heterocycles. The molecule has 1 saturated carbocycles. The summed E-state index contributed by atoms with van der Waals surface area (Å²) in [6, 6.07) is 19.9. The maximum Gasteiger partial charge on any atom is 0.229 e. The first kappa shape index (κ1) is 19.7. The zero-order valence-electron chi connectivity index (χ0n) is 18.3. The molecule has 0 radical (unpaired) electrons. The number of benzene rings is 2. The van der Waals surface area contributed by atoms with E-state index in [1.165, 1.54) is 24.1 Å². The normalized spacial score (nSPS) is 26.8. The number of quaternary nitrogens is 1. The summed E-state index contributed by atoms with van der Waals surface area (Å²) in [7, 11) is 0. The number of nitrogens with one attached hydrogen (secondary N) is 2. The first-order valence-electron chi connectivity index (χ1n) is 11.9. The van der Waals surface area contributed by atoms with Crippen molar-refractivity contribution in [2.75, 3.05) is 13.1 Å². The predicted molar refractivity (Wildman–Crippen MR) is 123 cm³/mol. The quantitative estimate of drug-likeness (QED) is 0.633. The summed E-state index contributed by atoms with van der Waals surface area (Å²) in [5.74, 6) is 1.02. The molecule has 164 valence electrons. The molecule has 32 heavy (non-hydrogen) atoms. The van der Waals surface area contributed by atoms with Crippen molar-refractivity contribution >= 4 is 5.91 Å². The molecule has 6 heteroatoms. The van der Waals surface area contributed by atoms with Crippen molar-refractivity contribution in [1.29, 1.82) is 0 Å². The zero-order chi connectivity index (χ0) is 21.5. The lowest BCUT2D eigenvalue weighted by Crippen LogP contribution is -3.20. The van der Waals surface area contributed by atoms with Crippen LogP contribution in [-0.2, 0) is 11.3 Å². The van der Waals surface area contributed by atoms with Gasteiger partial charge in [-0.1, -0.05) is 59.8 Å². The highest BCUT2D eigenvalue weighted by Gasteiger charge is 2.47. The van der Waals surface area contributed by atoms with E-state index in [1.807, 2.05) is 10.7 Å². The van der Waals surface area contributed by atoms with Gasteiger partial charge in [0.1, 0.15) is 11.7 Å². The molecule has 7 rings (SSSR count). The van der Waals surface area contributed by atoms with Crippen LogP contribution in [0.1, 0.15) is 25.7 Å². The maximum atomic E-state index is 12.6. The lowest BCUT2D eigenvalue weighted by molar-refractivity contribution is -0.945. The highest BCUT2D eigenvalue weighted by molar-refractivity contribution is 5.79. The van der Waals surface area contributed by atoms with Gasteiger partial charge in [-0.2, -0.15) is 0 Å². The van der Waals surface area contributed by atoms with Crippen LogP contribution in [0.3, 0.4) is 0 Å². The largest absolute Gasteiger partial charge is 0.353 e. The molecule has 1 unspecified atom stereocenters. The minimum Gasteiger partial charge on any atom is -0.353 e. The lowest BCUT2D eigenvalue weighted by atomic mass is 9.75. The summed E-state index contributed by atoms with van der Waals surface area (Å²) >= 11 is 0. The van der Waals surface area contributed by atoms with Crippen LogP contribution in [-0.4, -0.2) is 46.1 Å². The van der Waals surface area contributed by atoms with Gasteiger partial charge in [0, 0.05) is 24.4 Å². The van der Waals surface area contributed by atoms with Crippen LogP contribution >= 0.6 is 0 Å². The van der Waals surface area contributed by atoms with Gasteiger partial charge in [0.15, 0.2) is 0 Å². The van der Waals surface area contributed by atoms with Crippen molar-refractivity contribution in [1.82, 2.24) is 20.3 Å². The van der Waals surface area contributed by atoms with Gasteiger partial charge in [0.05, 0.1) is 31.7 Å². The summed E-state index contributed by atoms with van der Waals surface area (Å²) in [6.45, 7) is 3.01. The number of rotatable bonds is 6. The van der Waals surface area contributed by atoms with Crippen LogP contribution in [0.5, 0.6) is 0 Å². The van der Waals surface area contributed by atoms with Crippen LogP contribution in [0.2, 0.25) is 0 Å². The Morgan fingerprint density at radius 1 is 1.00 bits per heavy atom. The summed E-state index contributed by atoms with van der Waals surface area (Å²) in [5.41, 5.74) is 4.43. The van der Waals surface area contributed by atoms with Gasteiger partial charge in [-0.3, -0.25) is 4.79 Å². The van der Waals surface area contributed by atoms with Gasteiger partial charge in [0.25, 0.3) is 0 Å². The highest BCUT2D eigenvalue weighted by atomic mass is 16.2. The minimum atomic E-state index is 0.199. The Morgan fingerprint density at radius 2 is 1.75 bits per heavy atom. The first-order chi connectivity index (χ1) is 15.7. The number of nitrogens with zero attached hydrogens (tertiary/aromatic N) is 3. The number of hydrogen-bond acceptors (Lipinski definition) is 3. The number of fused-ring (bicyclic) bond motifs is 3. The molecule has 4 aliphatic rings. The molecule has 2 N–H and O–H groups in total. The zero-order valence-corrected chi connectivity index (χ0v) is 18.3. The van der Waals surface area contributed by atoms with E-state index in [9.17, 15) is 4.79 Å². The van der Waals surface area contributed by atoms with Gasteiger partial charge in [-0.25, -0.2) is 4.68 Å². The maximum absolute atomic E-state index is 12.6. The topological polar surface area (TPSA) is 64.2 Å². The number of amides is 1. The molecule has 3 aromatic rings. The summed E-state index contributed by atoms with van der Waals surface area (Å²) < 4.78 is 2.00. The fourth-order valence-electron chi connectivity index (χ4n) is 5.56. The number of carbonyl (C=O) groups is 1. The SMILES string of the molecule is O=C(NC1CC1)[C@H]1C[NH+]2CC[C@H]1C[C@@H]2Cn1cc(-c2ccc(-c3ccccc3)cc2)nn1. The minimum absolute atomic E-state index is 0.199.